The second kappa shape index (κ2) is 6.40. The Hall–Kier alpha value is -1.35. The smallest absolute Gasteiger partial charge is 0.239 e. The molecular weight excluding hydrogens is 248 g/mol. The highest BCUT2D eigenvalue weighted by Gasteiger charge is 2.24. The van der Waals surface area contributed by atoms with Crippen molar-refractivity contribution in [1.29, 1.82) is 0 Å². The van der Waals surface area contributed by atoms with Gasteiger partial charge in [-0.05, 0) is 57.2 Å². The molecule has 20 heavy (non-hydrogen) atoms. The van der Waals surface area contributed by atoms with Gasteiger partial charge >= 0.3 is 0 Å². The Kier molecular flexibility index (Phi) is 4.81. The molecule has 0 aliphatic carbocycles. The van der Waals surface area contributed by atoms with E-state index in [0.29, 0.717) is 0 Å². The summed E-state index contributed by atoms with van der Waals surface area (Å²) in [5.74, 6) is 0.234. The maximum Gasteiger partial charge on any atom is 0.239 e. The number of nitrogens with one attached hydrogen (secondary N) is 1. The zero-order chi connectivity index (χ0) is 14.7. The van der Waals surface area contributed by atoms with E-state index in [9.17, 15) is 4.79 Å². The Morgan fingerprint density at radius 3 is 2.40 bits per heavy atom. The van der Waals surface area contributed by atoms with Crippen LogP contribution in [0, 0.1) is 13.8 Å². The molecule has 0 spiro atoms. The summed E-state index contributed by atoms with van der Waals surface area (Å²) >= 11 is 0. The van der Waals surface area contributed by atoms with Gasteiger partial charge in [0.1, 0.15) is 0 Å². The molecule has 1 aromatic carbocycles. The Balaban J connectivity index is 1.97. The molecule has 110 valence electrons. The molecule has 1 saturated heterocycles. The van der Waals surface area contributed by atoms with Crippen molar-refractivity contribution < 1.29 is 4.79 Å². The van der Waals surface area contributed by atoms with Gasteiger partial charge in [0, 0.05) is 19.1 Å². The maximum absolute atomic E-state index is 12.3. The van der Waals surface area contributed by atoms with E-state index in [-0.39, 0.29) is 18.0 Å². The van der Waals surface area contributed by atoms with Gasteiger partial charge in [0.25, 0.3) is 0 Å². The summed E-state index contributed by atoms with van der Waals surface area (Å²) in [7, 11) is 0. The Morgan fingerprint density at radius 2 is 1.80 bits per heavy atom. The van der Waals surface area contributed by atoms with E-state index in [1.54, 1.807) is 0 Å². The van der Waals surface area contributed by atoms with Gasteiger partial charge in [-0.1, -0.05) is 18.2 Å². The Bertz CT molecular complexity index is 478. The van der Waals surface area contributed by atoms with Crippen molar-refractivity contribution in [1.82, 2.24) is 10.2 Å². The zero-order valence-electron chi connectivity index (χ0n) is 13.1. The van der Waals surface area contributed by atoms with Crippen molar-refractivity contribution in [3.8, 4) is 0 Å². The van der Waals surface area contributed by atoms with Crippen LogP contribution in [-0.4, -0.2) is 29.9 Å². The average molecular weight is 274 g/mol. The van der Waals surface area contributed by atoms with Crippen molar-refractivity contribution in [3.05, 3.63) is 34.9 Å². The van der Waals surface area contributed by atoms with Gasteiger partial charge in [-0.2, -0.15) is 0 Å². The van der Waals surface area contributed by atoms with Gasteiger partial charge in [-0.25, -0.2) is 0 Å². The molecule has 1 aromatic rings. The van der Waals surface area contributed by atoms with Crippen molar-refractivity contribution in [2.75, 3.05) is 13.1 Å². The van der Waals surface area contributed by atoms with Crippen LogP contribution in [0.2, 0.25) is 0 Å². The second-order valence-electron chi connectivity index (χ2n) is 5.99. The molecule has 0 aromatic heterocycles. The van der Waals surface area contributed by atoms with Crippen LogP contribution < -0.4 is 5.32 Å². The van der Waals surface area contributed by atoms with Gasteiger partial charge < -0.3 is 4.90 Å². The minimum Gasteiger partial charge on any atom is -0.341 e. The lowest BCUT2D eigenvalue weighted by Crippen LogP contribution is -2.44. The van der Waals surface area contributed by atoms with Gasteiger partial charge in [0.15, 0.2) is 0 Å². The molecule has 0 saturated carbocycles. The van der Waals surface area contributed by atoms with Crippen molar-refractivity contribution in [2.24, 2.45) is 0 Å². The first-order valence-electron chi connectivity index (χ1n) is 7.61. The molecule has 1 heterocycles. The number of amides is 1. The number of hydrogen-bond acceptors (Lipinski definition) is 2. The summed E-state index contributed by atoms with van der Waals surface area (Å²) < 4.78 is 0. The fourth-order valence-corrected chi connectivity index (χ4v) is 2.79. The molecule has 0 bridgehead atoms. The summed E-state index contributed by atoms with van der Waals surface area (Å²) in [6.07, 6.45) is 2.29. The lowest BCUT2D eigenvalue weighted by molar-refractivity contribution is -0.132. The van der Waals surface area contributed by atoms with Gasteiger partial charge in [-0.15, -0.1) is 0 Å². The van der Waals surface area contributed by atoms with Crippen LogP contribution >= 0.6 is 0 Å². The summed E-state index contributed by atoms with van der Waals surface area (Å²) in [5.41, 5.74) is 3.85. The minimum atomic E-state index is -0.121. The number of carbonyl (C=O) groups is 1. The van der Waals surface area contributed by atoms with Crippen LogP contribution in [0.5, 0.6) is 0 Å². The molecule has 2 rings (SSSR count). The number of aryl methyl sites for hydroxylation is 2. The molecule has 1 aliphatic rings. The van der Waals surface area contributed by atoms with Crippen LogP contribution in [0.3, 0.4) is 0 Å². The van der Waals surface area contributed by atoms with E-state index in [4.69, 9.17) is 0 Å². The van der Waals surface area contributed by atoms with Gasteiger partial charge in [-0.3, -0.25) is 10.1 Å². The van der Waals surface area contributed by atoms with E-state index in [2.05, 4.69) is 44.3 Å². The highest BCUT2D eigenvalue weighted by molar-refractivity contribution is 5.81. The molecule has 1 N–H and O–H groups in total. The topological polar surface area (TPSA) is 32.3 Å². The third kappa shape index (κ3) is 3.40. The number of rotatable bonds is 4. The summed E-state index contributed by atoms with van der Waals surface area (Å²) in [6, 6.07) is 6.57. The van der Waals surface area contributed by atoms with E-state index < -0.39 is 0 Å². The van der Waals surface area contributed by atoms with E-state index in [1.165, 1.54) is 16.7 Å². The van der Waals surface area contributed by atoms with Crippen molar-refractivity contribution >= 4 is 5.91 Å². The lowest BCUT2D eigenvalue weighted by Gasteiger charge is -2.24. The van der Waals surface area contributed by atoms with E-state index >= 15 is 0 Å². The summed E-state index contributed by atoms with van der Waals surface area (Å²) in [5, 5.41) is 3.43. The van der Waals surface area contributed by atoms with E-state index in [0.717, 1.165) is 25.9 Å². The maximum atomic E-state index is 12.3. The van der Waals surface area contributed by atoms with Crippen LogP contribution in [0.15, 0.2) is 18.2 Å². The molecule has 3 heteroatoms. The molecular formula is C17H26N2O. The molecule has 2 atom stereocenters. The predicted octanol–water partition coefficient (Wildman–Crippen LogP) is 2.96. The van der Waals surface area contributed by atoms with Gasteiger partial charge in [0.2, 0.25) is 5.91 Å². The number of hydrogen-bond donors (Lipinski definition) is 1. The summed E-state index contributed by atoms with van der Waals surface area (Å²) in [4.78, 5) is 14.3. The third-order valence-electron chi connectivity index (χ3n) is 4.32. The van der Waals surface area contributed by atoms with Crippen LogP contribution in [0.4, 0.5) is 0 Å². The number of likely N-dealkylation sites (tertiary alicyclic amines) is 1. The molecule has 1 amide bonds. The number of carbonyl (C=O) groups excluding carboxylic acids is 1. The highest BCUT2D eigenvalue weighted by Crippen LogP contribution is 2.18. The van der Waals surface area contributed by atoms with Crippen LogP contribution in [0.1, 0.15) is 49.4 Å². The van der Waals surface area contributed by atoms with Crippen LogP contribution in [-0.2, 0) is 4.79 Å². The highest BCUT2D eigenvalue weighted by atomic mass is 16.2. The first-order chi connectivity index (χ1) is 9.49. The predicted molar refractivity (Wildman–Crippen MR) is 82.7 cm³/mol. The first kappa shape index (κ1) is 15.0. The molecule has 1 aliphatic heterocycles. The lowest BCUT2D eigenvalue weighted by atomic mass is 10.0. The standard InChI is InChI=1S/C17H26N2O/c1-12-7-8-16(11-13(12)2)14(3)18-15(4)17(20)19-9-5-6-10-19/h7-8,11,14-15,18H,5-6,9-10H2,1-4H3. The largest absolute Gasteiger partial charge is 0.341 e. The molecule has 2 unspecified atom stereocenters. The normalized spacial score (nSPS) is 18.1. The fourth-order valence-electron chi connectivity index (χ4n) is 2.79. The number of benzene rings is 1. The monoisotopic (exact) mass is 274 g/mol. The van der Waals surface area contributed by atoms with E-state index in [1.807, 2.05) is 11.8 Å². The Morgan fingerprint density at radius 1 is 1.15 bits per heavy atom. The zero-order valence-corrected chi connectivity index (χ0v) is 13.1. The quantitative estimate of drug-likeness (QED) is 0.915. The fraction of sp³-hybridized carbons (Fsp3) is 0.588. The molecule has 1 fully saturated rings. The SMILES string of the molecule is Cc1ccc(C(C)NC(C)C(=O)N2CCCC2)cc1C. The van der Waals surface area contributed by atoms with Crippen LogP contribution in [0.25, 0.3) is 0 Å². The minimum absolute atomic E-state index is 0.121. The molecule has 3 nitrogen and oxygen atoms in total. The van der Waals surface area contributed by atoms with Crippen molar-refractivity contribution in [2.45, 2.75) is 52.6 Å². The average Bonchev–Trinajstić information content (AvgIpc) is 2.94. The number of nitrogens with zero attached hydrogens (tertiary/aromatic N) is 1. The first-order valence-corrected chi connectivity index (χ1v) is 7.61. The third-order valence-corrected chi connectivity index (χ3v) is 4.32. The van der Waals surface area contributed by atoms with Crippen molar-refractivity contribution in [3.63, 3.8) is 0 Å². The van der Waals surface area contributed by atoms with Gasteiger partial charge in [0.05, 0.1) is 6.04 Å². The molecule has 0 radical (unpaired) electrons. The summed E-state index contributed by atoms with van der Waals surface area (Å²) in [6.45, 7) is 10.2. The second-order valence-corrected chi connectivity index (χ2v) is 5.99. The Labute approximate surface area is 122 Å².